The van der Waals surface area contributed by atoms with Crippen LogP contribution in [0.5, 0.6) is 0 Å². The van der Waals surface area contributed by atoms with Crippen LogP contribution < -0.4 is 5.32 Å². The number of anilines is 1. The van der Waals surface area contributed by atoms with Crippen LogP contribution in [0.2, 0.25) is 0 Å². The van der Waals surface area contributed by atoms with Crippen molar-refractivity contribution in [2.45, 2.75) is 46.1 Å². The van der Waals surface area contributed by atoms with E-state index in [2.05, 4.69) is 22.4 Å². The summed E-state index contributed by atoms with van der Waals surface area (Å²) in [6, 6.07) is 1.85. The van der Waals surface area contributed by atoms with Gasteiger partial charge < -0.3 is 10.1 Å². The van der Waals surface area contributed by atoms with Crippen LogP contribution in [0, 0.1) is 0 Å². The highest BCUT2D eigenvalue weighted by molar-refractivity contribution is 5.90. The Balaban J connectivity index is 2.39. The van der Waals surface area contributed by atoms with Crippen LogP contribution in [0.3, 0.4) is 0 Å². The van der Waals surface area contributed by atoms with Gasteiger partial charge in [0.1, 0.15) is 6.61 Å². The Bertz CT molecular complexity index is 366. The number of carbonyl (C=O) groups excluding carboxylic acids is 1. The topological polar surface area (TPSA) is 67.0 Å². The van der Waals surface area contributed by atoms with Crippen LogP contribution in [0.15, 0.2) is 6.07 Å². The summed E-state index contributed by atoms with van der Waals surface area (Å²) >= 11 is 0. The molecule has 0 radical (unpaired) electrons. The Morgan fingerprint density at radius 2 is 2.24 bits per heavy atom. The lowest BCUT2D eigenvalue weighted by atomic mass is 10.2. The fourth-order valence-electron chi connectivity index (χ4n) is 1.28. The van der Waals surface area contributed by atoms with Crippen molar-refractivity contribution in [3.05, 3.63) is 11.8 Å². The molecule has 1 amide bonds. The van der Waals surface area contributed by atoms with Crippen molar-refractivity contribution in [1.29, 1.82) is 0 Å². The number of aromatic amines is 1. The molecule has 0 aliphatic rings. The van der Waals surface area contributed by atoms with Gasteiger partial charge >= 0.3 is 0 Å². The second-order valence-electron chi connectivity index (χ2n) is 4.98. The Labute approximate surface area is 102 Å². The summed E-state index contributed by atoms with van der Waals surface area (Å²) in [5, 5.41) is 9.57. The molecule has 0 aliphatic carbocycles. The Kier molecular flexibility index (Phi) is 4.69. The number of nitrogens with one attached hydrogen (secondary N) is 2. The Morgan fingerprint density at radius 1 is 1.53 bits per heavy atom. The van der Waals surface area contributed by atoms with E-state index in [1.807, 2.05) is 26.8 Å². The summed E-state index contributed by atoms with van der Waals surface area (Å²) in [7, 11) is 0. The van der Waals surface area contributed by atoms with Gasteiger partial charge in [-0.1, -0.05) is 13.3 Å². The molecule has 0 saturated heterocycles. The molecule has 1 rings (SSSR count). The maximum absolute atomic E-state index is 11.5. The second kappa shape index (κ2) is 5.82. The molecule has 5 heteroatoms. The second-order valence-corrected chi connectivity index (χ2v) is 4.98. The SMILES string of the molecule is CCCc1cc(NC(=O)COC(C)(C)C)n[nH]1. The largest absolute Gasteiger partial charge is 0.366 e. The molecule has 0 fully saturated rings. The first-order valence-corrected chi connectivity index (χ1v) is 5.89. The van der Waals surface area contributed by atoms with Crippen molar-refractivity contribution in [2.24, 2.45) is 0 Å². The number of aryl methyl sites for hydroxylation is 1. The van der Waals surface area contributed by atoms with Crippen LogP contribution in [-0.2, 0) is 16.0 Å². The minimum atomic E-state index is -0.309. The van der Waals surface area contributed by atoms with Crippen LogP contribution in [-0.4, -0.2) is 28.3 Å². The van der Waals surface area contributed by atoms with Gasteiger partial charge in [-0.3, -0.25) is 9.89 Å². The number of nitrogens with zero attached hydrogens (tertiary/aromatic N) is 1. The third-order valence-corrected chi connectivity index (χ3v) is 2.05. The highest BCUT2D eigenvalue weighted by Gasteiger charge is 2.13. The molecule has 5 nitrogen and oxygen atoms in total. The minimum Gasteiger partial charge on any atom is -0.366 e. The van der Waals surface area contributed by atoms with Crippen LogP contribution in [0.4, 0.5) is 5.82 Å². The molecular weight excluding hydrogens is 218 g/mol. The van der Waals surface area contributed by atoms with E-state index in [9.17, 15) is 4.79 Å². The molecule has 1 aromatic heterocycles. The van der Waals surface area contributed by atoms with Crippen LogP contribution in [0.25, 0.3) is 0 Å². The standard InChI is InChI=1S/C12H21N3O2/c1-5-6-9-7-10(15-14-9)13-11(16)8-17-12(2,3)4/h7H,5-6,8H2,1-4H3,(H2,13,14,15,16). The smallest absolute Gasteiger partial charge is 0.251 e. The van der Waals surface area contributed by atoms with Gasteiger partial charge in [0.2, 0.25) is 0 Å². The Morgan fingerprint density at radius 3 is 2.82 bits per heavy atom. The summed E-state index contributed by atoms with van der Waals surface area (Å²) in [4.78, 5) is 11.5. The lowest BCUT2D eigenvalue weighted by molar-refractivity contribution is -0.125. The van der Waals surface area contributed by atoms with E-state index in [4.69, 9.17) is 4.74 Å². The third-order valence-electron chi connectivity index (χ3n) is 2.05. The number of rotatable bonds is 5. The minimum absolute atomic E-state index is 0.0411. The normalized spacial score (nSPS) is 11.5. The maximum Gasteiger partial charge on any atom is 0.251 e. The van der Waals surface area contributed by atoms with Crippen molar-refractivity contribution < 1.29 is 9.53 Å². The molecule has 0 atom stereocenters. The zero-order chi connectivity index (χ0) is 12.9. The number of carbonyl (C=O) groups is 1. The van der Waals surface area contributed by atoms with E-state index in [1.165, 1.54) is 0 Å². The summed E-state index contributed by atoms with van der Waals surface area (Å²) < 4.78 is 5.37. The average molecular weight is 239 g/mol. The number of amides is 1. The monoisotopic (exact) mass is 239 g/mol. The number of ether oxygens (including phenoxy) is 1. The number of H-pyrrole nitrogens is 1. The number of aromatic nitrogens is 2. The van der Waals surface area contributed by atoms with Crippen molar-refractivity contribution in [2.75, 3.05) is 11.9 Å². The average Bonchev–Trinajstić information content (AvgIpc) is 2.62. The number of hydrogen-bond donors (Lipinski definition) is 2. The van der Waals surface area contributed by atoms with Crippen LogP contribution in [0.1, 0.15) is 39.8 Å². The molecule has 2 N–H and O–H groups in total. The summed E-state index contributed by atoms with van der Waals surface area (Å²) in [6.45, 7) is 7.87. The fourth-order valence-corrected chi connectivity index (χ4v) is 1.28. The zero-order valence-corrected chi connectivity index (χ0v) is 11.0. The van der Waals surface area contributed by atoms with E-state index in [0.29, 0.717) is 5.82 Å². The quantitative estimate of drug-likeness (QED) is 0.827. The Hall–Kier alpha value is -1.36. The molecule has 1 heterocycles. The van der Waals surface area contributed by atoms with E-state index < -0.39 is 0 Å². The molecular formula is C12H21N3O2. The first-order chi connectivity index (χ1) is 7.90. The van der Waals surface area contributed by atoms with Gasteiger partial charge in [-0.25, -0.2) is 0 Å². The lowest BCUT2D eigenvalue weighted by Crippen LogP contribution is -2.27. The highest BCUT2D eigenvalue weighted by atomic mass is 16.5. The maximum atomic E-state index is 11.5. The molecule has 0 aliphatic heterocycles. The molecule has 0 bridgehead atoms. The third kappa shape index (κ3) is 5.49. The lowest BCUT2D eigenvalue weighted by Gasteiger charge is -2.18. The molecule has 0 spiro atoms. The number of hydrogen-bond acceptors (Lipinski definition) is 3. The van der Waals surface area contributed by atoms with Gasteiger partial charge in [0.15, 0.2) is 5.82 Å². The summed E-state index contributed by atoms with van der Waals surface area (Å²) in [5.41, 5.74) is 0.718. The van der Waals surface area contributed by atoms with Gasteiger partial charge in [-0.05, 0) is 27.2 Å². The molecule has 0 unspecified atom stereocenters. The molecule has 96 valence electrons. The van der Waals surface area contributed by atoms with Gasteiger partial charge in [-0.15, -0.1) is 0 Å². The first-order valence-electron chi connectivity index (χ1n) is 5.89. The van der Waals surface area contributed by atoms with Gasteiger partial charge in [-0.2, -0.15) is 5.10 Å². The molecule has 0 aromatic carbocycles. The van der Waals surface area contributed by atoms with Crippen molar-refractivity contribution >= 4 is 11.7 Å². The van der Waals surface area contributed by atoms with Crippen molar-refractivity contribution in [1.82, 2.24) is 10.2 Å². The van der Waals surface area contributed by atoms with E-state index >= 15 is 0 Å². The summed E-state index contributed by atoms with van der Waals surface area (Å²) in [6.07, 6.45) is 1.98. The predicted octanol–water partition coefficient (Wildman–Crippen LogP) is 2.12. The van der Waals surface area contributed by atoms with Crippen molar-refractivity contribution in [3.63, 3.8) is 0 Å². The van der Waals surface area contributed by atoms with Gasteiger partial charge in [0.25, 0.3) is 5.91 Å². The van der Waals surface area contributed by atoms with E-state index in [-0.39, 0.29) is 18.1 Å². The van der Waals surface area contributed by atoms with E-state index in [1.54, 1.807) is 0 Å². The van der Waals surface area contributed by atoms with Gasteiger partial charge in [0, 0.05) is 11.8 Å². The zero-order valence-electron chi connectivity index (χ0n) is 11.0. The highest BCUT2D eigenvalue weighted by Crippen LogP contribution is 2.09. The molecule has 17 heavy (non-hydrogen) atoms. The molecule has 0 saturated carbocycles. The molecule has 1 aromatic rings. The van der Waals surface area contributed by atoms with Crippen LogP contribution >= 0.6 is 0 Å². The first kappa shape index (κ1) is 13.7. The van der Waals surface area contributed by atoms with E-state index in [0.717, 1.165) is 18.5 Å². The predicted molar refractivity (Wildman–Crippen MR) is 66.9 cm³/mol. The van der Waals surface area contributed by atoms with Gasteiger partial charge in [0.05, 0.1) is 5.60 Å². The summed E-state index contributed by atoms with van der Waals surface area (Å²) in [5.74, 6) is 0.366. The van der Waals surface area contributed by atoms with Crippen molar-refractivity contribution in [3.8, 4) is 0 Å². The fraction of sp³-hybridized carbons (Fsp3) is 0.667.